The van der Waals surface area contributed by atoms with E-state index in [1.165, 1.54) is 24.4 Å². The van der Waals surface area contributed by atoms with Crippen LogP contribution in [0.3, 0.4) is 0 Å². The Bertz CT molecular complexity index is 1170. The van der Waals surface area contributed by atoms with E-state index >= 15 is 0 Å². The van der Waals surface area contributed by atoms with Gasteiger partial charge < -0.3 is 19.8 Å². The highest BCUT2D eigenvalue weighted by Crippen LogP contribution is 2.38. The predicted molar refractivity (Wildman–Crippen MR) is 126 cm³/mol. The van der Waals surface area contributed by atoms with Crippen LogP contribution in [0.4, 0.5) is 0 Å². The molecular weight excluding hydrogens is 570 g/mol. The lowest BCUT2D eigenvalue weighted by Crippen LogP contribution is -2.03. The number of nitrogens with zero attached hydrogens (tertiary/aromatic N) is 1. The Hall–Kier alpha value is -2.88. The number of phenols is 1. The Morgan fingerprint density at radius 3 is 2.31 bits per heavy atom. The minimum atomic E-state index is -1.13. The molecule has 2 N–H and O–H groups in total. The zero-order valence-electron chi connectivity index (χ0n) is 16.1. The van der Waals surface area contributed by atoms with Crippen LogP contribution >= 0.6 is 43.5 Å². The van der Waals surface area contributed by atoms with Crippen LogP contribution in [0.25, 0.3) is 0 Å². The van der Waals surface area contributed by atoms with Gasteiger partial charge in [0.2, 0.25) is 6.61 Å². The highest BCUT2D eigenvalue weighted by atomic mass is 79.9. The zero-order valence-corrected chi connectivity index (χ0v) is 20.0. The Morgan fingerprint density at radius 1 is 1.03 bits per heavy atom. The van der Waals surface area contributed by atoms with E-state index in [0.717, 1.165) is 0 Å². The average Bonchev–Trinajstić information content (AvgIpc) is 2.75. The van der Waals surface area contributed by atoms with Gasteiger partial charge in [-0.05, 0) is 92.0 Å². The topological polar surface area (TPSA) is 105 Å². The normalized spacial score (nSPS) is 10.8. The van der Waals surface area contributed by atoms with Crippen molar-refractivity contribution in [3.8, 4) is 17.2 Å². The summed E-state index contributed by atoms with van der Waals surface area (Å²) in [5, 5.41) is 22.8. The molecule has 0 unspecified atom stereocenters. The van der Waals surface area contributed by atoms with Gasteiger partial charge in [-0.1, -0.05) is 16.8 Å². The summed E-state index contributed by atoms with van der Waals surface area (Å²) in [6.07, 6.45) is 1.35. The summed E-state index contributed by atoms with van der Waals surface area (Å²) in [7, 11) is 0. The summed E-state index contributed by atoms with van der Waals surface area (Å²) in [6, 6.07) is 14.1. The first-order valence-corrected chi connectivity index (χ1v) is 10.9. The zero-order chi connectivity index (χ0) is 23.3. The van der Waals surface area contributed by atoms with Crippen LogP contribution in [0.5, 0.6) is 17.2 Å². The van der Waals surface area contributed by atoms with E-state index in [9.17, 15) is 14.7 Å². The number of ether oxygens (including phenoxy) is 1. The van der Waals surface area contributed by atoms with Gasteiger partial charge in [-0.15, -0.1) is 0 Å². The van der Waals surface area contributed by atoms with E-state index < -0.39 is 12.6 Å². The molecule has 3 aromatic rings. The van der Waals surface area contributed by atoms with Crippen molar-refractivity contribution >= 4 is 61.4 Å². The number of phenolic OH excluding ortho intramolecular Hbond substituents is 1. The third-order valence-corrected chi connectivity index (χ3v) is 5.45. The van der Waals surface area contributed by atoms with Gasteiger partial charge in [0.25, 0.3) is 0 Å². The summed E-state index contributed by atoms with van der Waals surface area (Å²) < 4.78 is 7.04. The van der Waals surface area contributed by atoms with Gasteiger partial charge in [0.1, 0.15) is 11.5 Å². The number of aliphatic carboxylic acids is 1. The first-order chi connectivity index (χ1) is 15.2. The third-order valence-electron chi connectivity index (χ3n) is 4.02. The molecule has 0 fully saturated rings. The van der Waals surface area contributed by atoms with Gasteiger partial charge in [0, 0.05) is 10.6 Å². The summed E-state index contributed by atoms with van der Waals surface area (Å²) in [5.41, 5.74) is 1.07. The van der Waals surface area contributed by atoms with Crippen molar-refractivity contribution in [2.24, 2.45) is 5.16 Å². The number of ketones is 1. The Balaban J connectivity index is 1.83. The molecule has 0 aromatic heterocycles. The highest BCUT2D eigenvalue weighted by molar-refractivity contribution is 9.11. The van der Waals surface area contributed by atoms with Crippen molar-refractivity contribution in [1.82, 2.24) is 0 Å². The number of carbonyl (C=O) groups excluding carboxylic acids is 1. The standard InChI is InChI=1S/C22H14Br2ClNO6/c23-17-7-12(10-26-31-11-20(28)29)8-18(24)22(17)32-15-5-6-19(27)16(9-15)21(30)13-1-3-14(25)4-2-13/h1-10,27H,11H2,(H,28,29). The van der Waals surface area contributed by atoms with E-state index in [2.05, 4.69) is 41.9 Å². The second kappa shape index (κ2) is 10.6. The maximum absolute atomic E-state index is 12.8. The minimum Gasteiger partial charge on any atom is -0.507 e. The van der Waals surface area contributed by atoms with Crippen molar-refractivity contribution in [2.75, 3.05) is 6.61 Å². The first kappa shape index (κ1) is 23.8. The fourth-order valence-corrected chi connectivity index (χ4v) is 4.09. The highest BCUT2D eigenvalue weighted by Gasteiger charge is 2.17. The molecule has 0 saturated heterocycles. The number of hydrogen-bond acceptors (Lipinski definition) is 6. The molecule has 0 aliphatic carbocycles. The Morgan fingerprint density at radius 2 is 1.69 bits per heavy atom. The van der Waals surface area contributed by atoms with Crippen molar-refractivity contribution in [1.29, 1.82) is 0 Å². The van der Waals surface area contributed by atoms with Crippen LogP contribution < -0.4 is 4.74 Å². The summed E-state index contributed by atoms with van der Waals surface area (Å²) >= 11 is 12.7. The summed E-state index contributed by atoms with van der Waals surface area (Å²) in [6.45, 7) is -0.544. The van der Waals surface area contributed by atoms with Gasteiger partial charge in [0.15, 0.2) is 11.5 Å². The first-order valence-electron chi connectivity index (χ1n) is 8.92. The molecule has 0 radical (unpaired) electrons. The van der Waals surface area contributed by atoms with Crippen molar-refractivity contribution < 1.29 is 29.4 Å². The number of rotatable bonds is 8. The number of carbonyl (C=O) groups is 2. The lowest BCUT2D eigenvalue weighted by molar-refractivity contribution is -0.142. The fraction of sp³-hybridized carbons (Fsp3) is 0.0455. The maximum atomic E-state index is 12.8. The third kappa shape index (κ3) is 6.09. The number of aromatic hydroxyl groups is 1. The van der Waals surface area contributed by atoms with E-state index in [-0.39, 0.29) is 17.1 Å². The molecule has 0 spiro atoms. The number of carboxylic acid groups (broad SMARTS) is 1. The number of halogens is 3. The van der Waals surface area contributed by atoms with E-state index in [4.69, 9.17) is 21.4 Å². The molecule has 10 heteroatoms. The molecule has 0 bridgehead atoms. The van der Waals surface area contributed by atoms with Crippen LogP contribution in [-0.4, -0.2) is 34.8 Å². The monoisotopic (exact) mass is 581 g/mol. The number of hydrogen-bond donors (Lipinski definition) is 2. The Labute approximate surface area is 204 Å². The molecule has 164 valence electrons. The van der Waals surface area contributed by atoms with Crippen LogP contribution in [0.1, 0.15) is 21.5 Å². The number of oxime groups is 1. The smallest absolute Gasteiger partial charge is 0.344 e. The Kier molecular flexibility index (Phi) is 7.89. The minimum absolute atomic E-state index is 0.0800. The van der Waals surface area contributed by atoms with Crippen LogP contribution in [0.15, 0.2) is 68.7 Å². The SMILES string of the molecule is O=C(O)CON=Cc1cc(Br)c(Oc2ccc(O)c(C(=O)c3ccc(Cl)cc3)c2)c(Br)c1. The quantitative estimate of drug-likeness (QED) is 0.191. The molecule has 0 aliphatic heterocycles. The largest absolute Gasteiger partial charge is 0.507 e. The van der Waals surface area contributed by atoms with Gasteiger partial charge in [-0.3, -0.25) is 4.79 Å². The molecule has 3 rings (SSSR count). The van der Waals surface area contributed by atoms with Gasteiger partial charge in [-0.25, -0.2) is 4.79 Å². The van der Waals surface area contributed by atoms with Crippen LogP contribution in [0.2, 0.25) is 5.02 Å². The molecule has 0 amide bonds. The molecule has 7 nitrogen and oxygen atoms in total. The predicted octanol–water partition coefficient (Wildman–Crippen LogP) is 6.03. The summed E-state index contributed by atoms with van der Waals surface area (Å²) in [5.74, 6) is -0.938. The molecule has 32 heavy (non-hydrogen) atoms. The van der Waals surface area contributed by atoms with Crippen LogP contribution in [-0.2, 0) is 9.63 Å². The van der Waals surface area contributed by atoms with Gasteiger partial charge in [0.05, 0.1) is 20.7 Å². The number of carboxylic acids is 1. The van der Waals surface area contributed by atoms with Crippen molar-refractivity contribution in [3.63, 3.8) is 0 Å². The second-order valence-corrected chi connectivity index (χ2v) is 8.48. The van der Waals surface area contributed by atoms with Gasteiger partial charge >= 0.3 is 5.97 Å². The molecule has 0 aliphatic rings. The van der Waals surface area contributed by atoms with Crippen molar-refractivity contribution in [2.45, 2.75) is 0 Å². The number of benzene rings is 3. The van der Waals surface area contributed by atoms with Gasteiger partial charge in [-0.2, -0.15) is 0 Å². The van der Waals surface area contributed by atoms with E-state index in [1.54, 1.807) is 36.4 Å². The van der Waals surface area contributed by atoms with E-state index in [0.29, 0.717) is 36.6 Å². The summed E-state index contributed by atoms with van der Waals surface area (Å²) in [4.78, 5) is 27.9. The second-order valence-electron chi connectivity index (χ2n) is 6.33. The molecule has 0 heterocycles. The molecular formula is C22H14Br2ClNO6. The van der Waals surface area contributed by atoms with Crippen molar-refractivity contribution in [3.05, 3.63) is 85.3 Å². The fourth-order valence-electron chi connectivity index (χ4n) is 2.58. The maximum Gasteiger partial charge on any atom is 0.344 e. The average molecular weight is 584 g/mol. The lowest BCUT2D eigenvalue weighted by atomic mass is 10.0. The molecule has 0 atom stereocenters. The van der Waals surface area contributed by atoms with E-state index in [1.807, 2.05) is 0 Å². The lowest BCUT2D eigenvalue weighted by Gasteiger charge is -2.12. The molecule has 3 aromatic carbocycles. The van der Waals surface area contributed by atoms with Crippen LogP contribution in [0, 0.1) is 0 Å². The molecule has 0 saturated carbocycles.